The molecule has 1 fully saturated rings. The quantitative estimate of drug-likeness (QED) is 0.546. The summed E-state index contributed by atoms with van der Waals surface area (Å²) in [6.07, 6.45) is 5.95. The van der Waals surface area contributed by atoms with E-state index in [0.29, 0.717) is 30.1 Å². The van der Waals surface area contributed by atoms with Crippen molar-refractivity contribution in [3.63, 3.8) is 0 Å². The van der Waals surface area contributed by atoms with E-state index in [2.05, 4.69) is 41.7 Å². The Hall–Kier alpha value is -2.40. The first-order valence-corrected chi connectivity index (χ1v) is 11.5. The lowest BCUT2D eigenvalue weighted by atomic mass is 9.76. The molecule has 1 aliphatic carbocycles. The lowest BCUT2D eigenvalue weighted by Crippen LogP contribution is -2.31. The van der Waals surface area contributed by atoms with Crippen LogP contribution < -0.4 is 10.1 Å². The minimum Gasteiger partial charge on any atom is -0.489 e. The number of carbonyl (C=O) groups is 1. The lowest BCUT2D eigenvalue weighted by molar-refractivity contribution is 0.0526. The molecule has 3 atom stereocenters. The van der Waals surface area contributed by atoms with Crippen LogP contribution in [-0.4, -0.2) is 30.2 Å². The zero-order valence-electron chi connectivity index (χ0n) is 16.5. The number of anilines is 1. The zero-order valence-corrected chi connectivity index (χ0v) is 17.3. The number of allylic oxidation sites excluding steroid dienone is 2. The number of esters is 1. The molecule has 0 aromatic heterocycles. The molecule has 2 aromatic rings. The number of nitrogens with one attached hydrogen (secondary N) is 1. The van der Waals surface area contributed by atoms with Gasteiger partial charge in [0.2, 0.25) is 0 Å². The maximum atomic E-state index is 12.2. The first kappa shape index (κ1) is 18.6. The molecule has 4 nitrogen and oxygen atoms in total. The van der Waals surface area contributed by atoms with Gasteiger partial charge in [-0.25, -0.2) is 4.79 Å². The molecule has 0 saturated carbocycles. The summed E-state index contributed by atoms with van der Waals surface area (Å²) >= 11 is 1.93. The number of carbonyl (C=O) groups excluding carboxylic acids is 1. The van der Waals surface area contributed by atoms with Gasteiger partial charge in [0, 0.05) is 23.1 Å². The molecular weight excluding hydrogens is 382 g/mol. The number of benzene rings is 2. The Bertz CT molecular complexity index is 936. The van der Waals surface area contributed by atoms with Crippen molar-refractivity contribution in [3.05, 3.63) is 71.3 Å². The predicted molar refractivity (Wildman–Crippen MR) is 117 cm³/mol. The third-order valence-corrected chi connectivity index (χ3v) is 7.24. The van der Waals surface area contributed by atoms with Crippen molar-refractivity contribution in [2.24, 2.45) is 5.92 Å². The summed E-state index contributed by atoms with van der Waals surface area (Å²) in [5.41, 5.74) is 4.19. The van der Waals surface area contributed by atoms with Gasteiger partial charge in [0.05, 0.1) is 18.2 Å². The first-order valence-electron chi connectivity index (χ1n) is 10.3. The topological polar surface area (TPSA) is 47.6 Å². The van der Waals surface area contributed by atoms with Crippen LogP contribution in [0.2, 0.25) is 0 Å². The molecule has 0 amide bonds. The highest BCUT2D eigenvalue weighted by Crippen LogP contribution is 2.50. The van der Waals surface area contributed by atoms with Crippen LogP contribution in [0.5, 0.6) is 5.75 Å². The first-order chi connectivity index (χ1) is 14.2. The summed E-state index contributed by atoms with van der Waals surface area (Å²) in [6, 6.07) is 14.7. The van der Waals surface area contributed by atoms with E-state index in [4.69, 9.17) is 9.47 Å². The average molecular weight is 408 g/mol. The van der Waals surface area contributed by atoms with Crippen molar-refractivity contribution in [1.29, 1.82) is 0 Å². The monoisotopic (exact) mass is 407 g/mol. The van der Waals surface area contributed by atoms with Gasteiger partial charge in [-0.05, 0) is 60.7 Å². The Balaban J connectivity index is 1.40. The van der Waals surface area contributed by atoms with Crippen LogP contribution in [0.1, 0.15) is 46.8 Å². The average Bonchev–Trinajstić information content (AvgIpc) is 3.21. The number of ether oxygens (including phenoxy) is 2. The molecule has 3 unspecified atom stereocenters. The molecule has 0 spiro atoms. The lowest BCUT2D eigenvalue weighted by Gasteiger charge is -2.37. The van der Waals surface area contributed by atoms with E-state index in [0.717, 1.165) is 29.4 Å². The van der Waals surface area contributed by atoms with Gasteiger partial charge in [-0.15, -0.1) is 0 Å². The highest BCUT2D eigenvalue weighted by Gasteiger charge is 2.38. The maximum absolute atomic E-state index is 12.2. The smallest absolute Gasteiger partial charge is 0.338 e. The Morgan fingerprint density at radius 2 is 2.00 bits per heavy atom. The van der Waals surface area contributed by atoms with Crippen molar-refractivity contribution >= 4 is 23.4 Å². The van der Waals surface area contributed by atoms with Crippen molar-refractivity contribution in [2.75, 3.05) is 23.4 Å². The predicted octanol–water partition coefficient (Wildman–Crippen LogP) is 5.18. The molecule has 150 valence electrons. The molecule has 0 bridgehead atoms. The van der Waals surface area contributed by atoms with Gasteiger partial charge >= 0.3 is 5.97 Å². The van der Waals surface area contributed by atoms with E-state index in [-0.39, 0.29) is 12.0 Å². The highest BCUT2D eigenvalue weighted by atomic mass is 32.2. The largest absolute Gasteiger partial charge is 0.489 e. The summed E-state index contributed by atoms with van der Waals surface area (Å²) in [5.74, 6) is 3.63. The number of hydrogen-bond donors (Lipinski definition) is 1. The Morgan fingerprint density at radius 3 is 2.72 bits per heavy atom. The van der Waals surface area contributed by atoms with Crippen LogP contribution in [0.15, 0.2) is 54.6 Å². The second kappa shape index (κ2) is 7.79. The number of hydrogen-bond acceptors (Lipinski definition) is 5. The summed E-state index contributed by atoms with van der Waals surface area (Å²) in [5, 5.41) is 3.73. The summed E-state index contributed by atoms with van der Waals surface area (Å²) in [4.78, 5) is 12.2. The van der Waals surface area contributed by atoms with E-state index in [1.165, 1.54) is 11.1 Å². The molecular formula is C24H25NO3S. The fraction of sp³-hybridized carbons (Fsp3) is 0.375. The van der Waals surface area contributed by atoms with Crippen molar-refractivity contribution in [1.82, 2.24) is 0 Å². The van der Waals surface area contributed by atoms with Gasteiger partial charge < -0.3 is 14.8 Å². The zero-order chi connectivity index (χ0) is 19.8. The van der Waals surface area contributed by atoms with Crippen LogP contribution in [0.4, 0.5) is 5.69 Å². The Labute approximate surface area is 175 Å². The van der Waals surface area contributed by atoms with E-state index < -0.39 is 0 Å². The maximum Gasteiger partial charge on any atom is 0.338 e. The third kappa shape index (κ3) is 3.52. The number of rotatable bonds is 5. The molecule has 1 N–H and O–H groups in total. The van der Waals surface area contributed by atoms with Crippen molar-refractivity contribution in [3.8, 4) is 5.75 Å². The molecule has 2 heterocycles. The molecule has 5 rings (SSSR count). The number of fused-ring (bicyclic) bond motifs is 3. The summed E-state index contributed by atoms with van der Waals surface area (Å²) in [7, 11) is 0. The Kier molecular flexibility index (Phi) is 5.00. The van der Waals surface area contributed by atoms with Gasteiger partial charge in [-0.3, -0.25) is 0 Å². The summed E-state index contributed by atoms with van der Waals surface area (Å²) < 4.78 is 11.2. The second-order valence-corrected chi connectivity index (χ2v) is 8.92. The standard InChI is InChI=1S/C24H25NO3S/c1-2-27-24(26)16-8-11-22-21(12-16)19-4-3-5-20(19)23(25-22)15-6-9-17(10-7-15)28-18-13-29-14-18/h3-4,6-12,18-20,23,25H,2,5,13-14H2,1H3. The normalized spacial score (nSPS) is 24.8. The Morgan fingerprint density at radius 1 is 1.17 bits per heavy atom. The van der Waals surface area contributed by atoms with Gasteiger partial charge in [0.15, 0.2) is 0 Å². The van der Waals surface area contributed by atoms with Gasteiger partial charge in [0.1, 0.15) is 11.9 Å². The van der Waals surface area contributed by atoms with Crippen LogP contribution in [0, 0.1) is 5.92 Å². The van der Waals surface area contributed by atoms with Crippen LogP contribution in [0.25, 0.3) is 0 Å². The fourth-order valence-corrected chi connectivity index (χ4v) is 5.06. The van der Waals surface area contributed by atoms with Crippen LogP contribution >= 0.6 is 11.8 Å². The van der Waals surface area contributed by atoms with Gasteiger partial charge in [-0.1, -0.05) is 24.3 Å². The SMILES string of the molecule is CCOC(=O)c1ccc2c(c1)C1C=CCC1C(c1ccc(OC3CSC3)cc1)N2. The molecule has 0 radical (unpaired) electrons. The molecule has 5 heteroatoms. The second-order valence-electron chi connectivity index (χ2n) is 7.84. The van der Waals surface area contributed by atoms with Gasteiger partial charge in [-0.2, -0.15) is 11.8 Å². The molecule has 29 heavy (non-hydrogen) atoms. The molecule has 2 aromatic carbocycles. The molecule has 2 aliphatic heterocycles. The van der Waals surface area contributed by atoms with E-state index in [1.54, 1.807) is 0 Å². The molecule has 1 saturated heterocycles. The van der Waals surface area contributed by atoms with Crippen LogP contribution in [-0.2, 0) is 4.74 Å². The van der Waals surface area contributed by atoms with Crippen molar-refractivity contribution < 1.29 is 14.3 Å². The van der Waals surface area contributed by atoms with E-state index in [9.17, 15) is 4.79 Å². The number of thioether (sulfide) groups is 1. The molecule has 3 aliphatic rings. The van der Waals surface area contributed by atoms with Crippen LogP contribution in [0.3, 0.4) is 0 Å². The van der Waals surface area contributed by atoms with E-state index >= 15 is 0 Å². The fourth-order valence-electron chi connectivity index (χ4n) is 4.49. The third-order valence-electron chi connectivity index (χ3n) is 6.02. The minimum absolute atomic E-state index is 0.240. The van der Waals surface area contributed by atoms with Crippen molar-refractivity contribution in [2.45, 2.75) is 31.4 Å². The minimum atomic E-state index is -0.253. The highest BCUT2D eigenvalue weighted by molar-refractivity contribution is 8.00. The van der Waals surface area contributed by atoms with Gasteiger partial charge in [0.25, 0.3) is 0 Å². The van der Waals surface area contributed by atoms with E-state index in [1.807, 2.05) is 36.9 Å². The summed E-state index contributed by atoms with van der Waals surface area (Å²) in [6.45, 7) is 2.22.